The topological polar surface area (TPSA) is 65.7 Å². The van der Waals surface area contributed by atoms with Crippen LogP contribution in [0.25, 0.3) is 11.3 Å². The van der Waals surface area contributed by atoms with Crippen LogP contribution < -0.4 is 5.48 Å². The first-order valence-electron chi connectivity index (χ1n) is 6.74. The van der Waals surface area contributed by atoms with Gasteiger partial charge in [-0.25, -0.2) is 9.79 Å². The third-order valence-electron chi connectivity index (χ3n) is 3.51. The van der Waals surface area contributed by atoms with Crippen LogP contribution in [-0.4, -0.2) is 27.2 Å². The standard InChI is InChI=1S/C15H16N2O3S/c18-15(16-19)13-7-9-21-17(13)10-11-3-5-12(6-4-11)14-2-1-8-20-14/h1-6,8,13,19H,7,9-10H2,(H,16,18). The van der Waals surface area contributed by atoms with Gasteiger partial charge >= 0.3 is 0 Å². The average Bonchev–Trinajstić information content (AvgIpc) is 3.18. The maximum Gasteiger partial charge on any atom is 0.261 e. The molecule has 6 heteroatoms. The molecule has 2 aromatic rings. The number of hydrogen-bond acceptors (Lipinski definition) is 5. The number of carbonyl (C=O) groups excluding carboxylic acids is 1. The normalized spacial score (nSPS) is 18.8. The number of nitrogens with zero attached hydrogens (tertiary/aromatic N) is 1. The van der Waals surface area contributed by atoms with Crippen LogP contribution in [0.3, 0.4) is 0 Å². The van der Waals surface area contributed by atoms with Gasteiger partial charge in [-0.05, 0) is 24.1 Å². The van der Waals surface area contributed by atoms with Crippen molar-refractivity contribution >= 4 is 17.9 Å². The molecule has 2 N–H and O–H groups in total. The Morgan fingerprint density at radius 1 is 1.38 bits per heavy atom. The van der Waals surface area contributed by atoms with Crippen LogP contribution in [0.1, 0.15) is 12.0 Å². The molecular weight excluding hydrogens is 288 g/mol. The van der Waals surface area contributed by atoms with Crippen molar-refractivity contribution < 1.29 is 14.4 Å². The molecular formula is C15H16N2O3S. The second-order valence-corrected chi connectivity index (χ2v) is 6.00. The lowest BCUT2D eigenvalue weighted by Crippen LogP contribution is -2.39. The zero-order valence-corrected chi connectivity index (χ0v) is 12.2. The summed E-state index contributed by atoms with van der Waals surface area (Å²) in [4.78, 5) is 11.6. The summed E-state index contributed by atoms with van der Waals surface area (Å²) in [7, 11) is 0. The highest BCUT2D eigenvalue weighted by atomic mass is 32.2. The quantitative estimate of drug-likeness (QED) is 0.516. The highest BCUT2D eigenvalue weighted by Crippen LogP contribution is 2.29. The molecule has 1 aromatic heterocycles. The first kappa shape index (κ1) is 14.2. The molecule has 0 aliphatic carbocycles. The van der Waals surface area contributed by atoms with Crippen molar-refractivity contribution in [3.05, 3.63) is 48.2 Å². The molecule has 1 atom stereocenters. The van der Waals surface area contributed by atoms with Crippen LogP contribution >= 0.6 is 11.9 Å². The summed E-state index contributed by atoms with van der Waals surface area (Å²) in [5, 5.41) is 8.78. The Kier molecular flexibility index (Phi) is 4.28. The molecule has 1 saturated heterocycles. The van der Waals surface area contributed by atoms with Gasteiger partial charge in [-0.3, -0.25) is 10.0 Å². The number of nitrogens with one attached hydrogen (secondary N) is 1. The van der Waals surface area contributed by atoms with Crippen molar-refractivity contribution in [1.82, 2.24) is 9.79 Å². The molecule has 1 unspecified atom stereocenters. The Labute approximate surface area is 127 Å². The van der Waals surface area contributed by atoms with Gasteiger partial charge < -0.3 is 4.42 Å². The van der Waals surface area contributed by atoms with Crippen molar-refractivity contribution in [1.29, 1.82) is 0 Å². The lowest BCUT2D eigenvalue weighted by Gasteiger charge is -2.21. The zero-order valence-electron chi connectivity index (χ0n) is 11.4. The second-order valence-electron chi connectivity index (χ2n) is 4.86. The maximum absolute atomic E-state index is 11.6. The molecule has 110 valence electrons. The first-order chi connectivity index (χ1) is 10.3. The van der Waals surface area contributed by atoms with E-state index in [1.165, 1.54) is 0 Å². The van der Waals surface area contributed by atoms with E-state index in [1.54, 1.807) is 23.7 Å². The summed E-state index contributed by atoms with van der Waals surface area (Å²) in [6, 6.07) is 11.6. The van der Waals surface area contributed by atoms with Crippen LogP contribution in [0.4, 0.5) is 0 Å². The molecule has 5 nitrogen and oxygen atoms in total. The number of amides is 1. The fraction of sp³-hybridized carbons (Fsp3) is 0.267. The van der Waals surface area contributed by atoms with Gasteiger partial charge in [0.1, 0.15) is 11.8 Å². The Hall–Kier alpha value is -1.76. The summed E-state index contributed by atoms with van der Waals surface area (Å²) in [5.41, 5.74) is 3.89. The van der Waals surface area contributed by atoms with E-state index in [-0.39, 0.29) is 11.9 Å². The van der Waals surface area contributed by atoms with Crippen LogP contribution in [0.15, 0.2) is 47.1 Å². The van der Waals surface area contributed by atoms with E-state index >= 15 is 0 Å². The highest BCUT2D eigenvalue weighted by molar-refractivity contribution is 7.97. The van der Waals surface area contributed by atoms with Crippen molar-refractivity contribution in [3.63, 3.8) is 0 Å². The Morgan fingerprint density at radius 2 is 2.19 bits per heavy atom. The van der Waals surface area contributed by atoms with Gasteiger partial charge in [0.25, 0.3) is 5.91 Å². The molecule has 1 amide bonds. The maximum atomic E-state index is 11.6. The number of benzene rings is 1. The van der Waals surface area contributed by atoms with Crippen molar-refractivity contribution in [2.45, 2.75) is 19.0 Å². The summed E-state index contributed by atoms with van der Waals surface area (Å²) >= 11 is 1.63. The van der Waals surface area contributed by atoms with Gasteiger partial charge in [0.15, 0.2) is 0 Å². The first-order valence-corrected chi connectivity index (χ1v) is 7.68. The SMILES string of the molecule is O=C(NO)C1CCSN1Cc1ccc(-c2ccco2)cc1. The zero-order chi connectivity index (χ0) is 14.7. The molecule has 0 bridgehead atoms. The molecule has 0 saturated carbocycles. The minimum atomic E-state index is -0.341. The molecule has 21 heavy (non-hydrogen) atoms. The van der Waals surface area contributed by atoms with E-state index in [0.29, 0.717) is 6.54 Å². The van der Waals surface area contributed by atoms with E-state index in [1.807, 2.05) is 40.7 Å². The lowest BCUT2D eigenvalue weighted by atomic mass is 10.1. The van der Waals surface area contributed by atoms with E-state index in [0.717, 1.165) is 29.1 Å². The number of furan rings is 1. The number of hydroxylamine groups is 1. The molecule has 0 radical (unpaired) electrons. The fourth-order valence-electron chi connectivity index (χ4n) is 2.40. The monoisotopic (exact) mass is 304 g/mol. The Bertz CT molecular complexity index is 598. The van der Waals surface area contributed by atoms with Crippen molar-refractivity contribution in [3.8, 4) is 11.3 Å². The van der Waals surface area contributed by atoms with E-state index in [2.05, 4.69) is 0 Å². The van der Waals surface area contributed by atoms with Gasteiger partial charge in [0.2, 0.25) is 0 Å². The highest BCUT2D eigenvalue weighted by Gasteiger charge is 2.31. The largest absolute Gasteiger partial charge is 0.464 e. The smallest absolute Gasteiger partial charge is 0.261 e. The van der Waals surface area contributed by atoms with E-state index in [9.17, 15) is 4.79 Å². The Balaban J connectivity index is 1.69. The second kappa shape index (κ2) is 6.34. The molecule has 1 fully saturated rings. The minimum Gasteiger partial charge on any atom is -0.464 e. The summed E-state index contributed by atoms with van der Waals surface area (Å²) < 4.78 is 7.37. The summed E-state index contributed by atoms with van der Waals surface area (Å²) in [6.45, 7) is 0.668. The molecule has 0 spiro atoms. The average molecular weight is 304 g/mol. The van der Waals surface area contributed by atoms with Gasteiger partial charge in [-0.15, -0.1) is 0 Å². The predicted octanol–water partition coefficient (Wildman–Crippen LogP) is 2.67. The van der Waals surface area contributed by atoms with Gasteiger partial charge in [0, 0.05) is 17.9 Å². The van der Waals surface area contributed by atoms with Gasteiger partial charge in [-0.2, -0.15) is 0 Å². The van der Waals surface area contributed by atoms with Crippen LogP contribution in [0.5, 0.6) is 0 Å². The van der Waals surface area contributed by atoms with Crippen LogP contribution in [0, 0.1) is 0 Å². The molecule has 1 aliphatic heterocycles. The van der Waals surface area contributed by atoms with Crippen molar-refractivity contribution in [2.75, 3.05) is 5.75 Å². The molecule has 3 rings (SSSR count). The number of rotatable bonds is 4. The minimum absolute atomic E-state index is 0.273. The van der Waals surface area contributed by atoms with E-state index < -0.39 is 0 Å². The summed E-state index contributed by atoms with van der Waals surface area (Å²) in [5.74, 6) is 1.39. The number of hydrogen-bond donors (Lipinski definition) is 2. The fourth-order valence-corrected chi connectivity index (χ4v) is 3.59. The molecule has 1 aliphatic rings. The van der Waals surface area contributed by atoms with E-state index in [4.69, 9.17) is 9.62 Å². The lowest BCUT2D eigenvalue weighted by molar-refractivity contribution is -0.132. The molecule has 1 aromatic carbocycles. The third-order valence-corrected chi connectivity index (χ3v) is 4.64. The third kappa shape index (κ3) is 3.12. The van der Waals surface area contributed by atoms with Crippen LogP contribution in [-0.2, 0) is 11.3 Å². The van der Waals surface area contributed by atoms with Gasteiger partial charge in [0.05, 0.1) is 6.26 Å². The molecule has 2 heterocycles. The van der Waals surface area contributed by atoms with Crippen molar-refractivity contribution in [2.24, 2.45) is 0 Å². The predicted molar refractivity (Wildman–Crippen MR) is 80.5 cm³/mol. The number of carbonyl (C=O) groups is 1. The van der Waals surface area contributed by atoms with Crippen LogP contribution in [0.2, 0.25) is 0 Å². The van der Waals surface area contributed by atoms with Gasteiger partial charge in [-0.1, -0.05) is 36.2 Å². The summed E-state index contributed by atoms with van der Waals surface area (Å²) in [6.07, 6.45) is 2.41. The Morgan fingerprint density at radius 3 is 2.86 bits per heavy atom.